The van der Waals surface area contributed by atoms with Crippen molar-refractivity contribution in [2.24, 2.45) is 5.73 Å². The first-order valence-corrected chi connectivity index (χ1v) is 7.23. The number of nitrogens with two attached hydrogens (primary N) is 1. The van der Waals surface area contributed by atoms with Crippen LogP contribution in [0.4, 0.5) is 0 Å². The van der Waals surface area contributed by atoms with Crippen molar-refractivity contribution in [3.8, 4) is 10.7 Å². The summed E-state index contributed by atoms with van der Waals surface area (Å²) in [5, 5.41) is 6.04. The van der Waals surface area contributed by atoms with Crippen LogP contribution in [-0.4, -0.2) is 16.2 Å². The molecule has 1 saturated carbocycles. The number of thiophene rings is 1. The van der Waals surface area contributed by atoms with Crippen molar-refractivity contribution in [2.45, 2.75) is 31.2 Å². The zero-order valence-corrected chi connectivity index (χ0v) is 11.5. The second kappa shape index (κ2) is 4.51. The molecule has 0 radical (unpaired) electrons. The predicted octanol–water partition coefficient (Wildman–Crippen LogP) is 3.16. The highest BCUT2D eigenvalue weighted by Crippen LogP contribution is 2.34. The van der Waals surface area contributed by atoms with E-state index in [0.717, 1.165) is 34.5 Å². The van der Waals surface area contributed by atoms with E-state index in [9.17, 15) is 0 Å². The molecule has 2 N–H and O–H groups in total. The molecule has 2 heterocycles. The number of nitrogens with zero attached hydrogens (tertiary/aromatic N) is 2. The Morgan fingerprint density at radius 3 is 3.00 bits per heavy atom. The maximum Gasteiger partial charge on any atom is 0.230 e. The van der Waals surface area contributed by atoms with Crippen LogP contribution in [0, 0.1) is 0 Å². The fourth-order valence-corrected chi connectivity index (χ4v) is 3.52. The molecule has 6 heteroatoms. The highest BCUT2D eigenvalue weighted by Gasteiger charge is 2.28. The molecule has 0 bridgehead atoms. The Balaban J connectivity index is 1.83. The van der Waals surface area contributed by atoms with E-state index in [1.807, 2.05) is 11.4 Å². The topological polar surface area (TPSA) is 64.9 Å². The van der Waals surface area contributed by atoms with Crippen molar-refractivity contribution in [3.63, 3.8) is 0 Å². The Labute approximate surface area is 111 Å². The normalized spacial score (nSPS) is 24.4. The lowest BCUT2D eigenvalue weighted by atomic mass is 10.1. The van der Waals surface area contributed by atoms with E-state index in [1.165, 1.54) is 0 Å². The van der Waals surface area contributed by atoms with Gasteiger partial charge in [0, 0.05) is 21.8 Å². The highest BCUT2D eigenvalue weighted by atomic mass is 79.9. The molecule has 2 aromatic rings. The molecule has 2 atom stereocenters. The van der Waals surface area contributed by atoms with Crippen molar-refractivity contribution in [1.82, 2.24) is 10.1 Å². The maximum absolute atomic E-state index is 5.89. The van der Waals surface area contributed by atoms with Crippen molar-refractivity contribution in [1.29, 1.82) is 0 Å². The van der Waals surface area contributed by atoms with E-state index in [0.29, 0.717) is 11.7 Å². The van der Waals surface area contributed by atoms with Crippen molar-refractivity contribution >= 4 is 27.3 Å². The van der Waals surface area contributed by atoms with Gasteiger partial charge in [-0.25, -0.2) is 0 Å². The van der Waals surface area contributed by atoms with Crippen LogP contribution in [-0.2, 0) is 0 Å². The van der Waals surface area contributed by atoms with Gasteiger partial charge in [-0.05, 0) is 41.3 Å². The van der Waals surface area contributed by atoms with E-state index in [4.69, 9.17) is 10.3 Å². The minimum absolute atomic E-state index is 0.284. The number of rotatable bonds is 2. The molecule has 3 rings (SSSR count). The quantitative estimate of drug-likeness (QED) is 0.925. The second-order valence-electron chi connectivity index (χ2n) is 4.36. The van der Waals surface area contributed by atoms with Gasteiger partial charge in [0.05, 0.1) is 4.88 Å². The Morgan fingerprint density at radius 1 is 1.47 bits per heavy atom. The second-order valence-corrected chi connectivity index (χ2v) is 6.18. The van der Waals surface area contributed by atoms with Crippen LogP contribution in [0.15, 0.2) is 20.4 Å². The van der Waals surface area contributed by atoms with Crippen molar-refractivity contribution in [2.75, 3.05) is 0 Å². The molecule has 0 spiro atoms. The van der Waals surface area contributed by atoms with Gasteiger partial charge in [-0.15, -0.1) is 11.3 Å². The summed E-state index contributed by atoms with van der Waals surface area (Å²) in [6, 6.07) is 2.28. The number of hydrogen-bond acceptors (Lipinski definition) is 5. The molecular weight excluding hydrogens is 302 g/mol. The summed E-state index contributed by atoms with van der Waals surface area (Å²) in [4.78, 5) is 5.49. The van der Waals surface area contributed by atoms with Gasteiger partial charge in [0.2, 0.25) is 11.7 Å². The largest absolute Gasteiger partial charge is 0.339 e. The molecule has 2 aromatic heterocycles. The molecule has 0 aromatic carbocycles. The van der Waals surface area contributed by atoms with Crippen LogP contribution in [0.5, 0.6) is 0 Å². The Bertz CT molecular complexity index is 524. The smallest absolute Gasteiger partial charge is 0.230 e. The lowest BCUT2D eigenvalue weighted by molar-refractivity contribution is 0.353. The van der Waals surface area contributed by atoms with Crippen LogP contribution in [0.25, 0.3) is 10.7 Å². The van der Waals surface area contributed by atoms with E-state index in [1.54, 1.807) is 11.3 Å². The monoisotopic (exact) mass is 313 g/mol. The summed E-state index contributed by atoms with van der Waals surface area (Å²) < 4.78 is 6.38. The number of aromatic nitrogens is 2. The van der Waals surface area contributed by atoms with Gasteiger partial charge in [0.15, 0.2) is 0 Å². The molecule has 0 aliphatic heterocycles. The third-order valence-electron chi connectivity index (χ3n) is 3.05. The van der Waals surface area contributed by atoms with Gasteiger partial charge in [-0.1, -0.05) is 5.16 Å². The fourth-order valence-electron chi connectivity index (χ4n) is 2.17. The van der Waals surface area contributed by atoms with E-state index < -0.39 is 0 Å². The molecule has 0 saturated heterocycles. The Morgan fingerprint density at radius 2 is 2.35 bits per heavy atom. The third kappa shape index (κ3) is 2.29. The predicted molar refractivity (Wildman–Crippen MR) is 69.9 cm³/mol. The summed E-state index contributed by atoms with van der Waals surface area (Å²) >= 11 is 5.02. The summed E-state index contributed by atoms with van der Waals surface area (Å²) in [5.41, 5.74) is 5.89. The van der Waals surface area contributed by atoms with Crippen LogP contribution in [0.1, 0.15) is 31.1 Å². The minimum atomic E-state index is 0.284. The van der Waals surface area contributed by atoms with Crippen LogP contribution < -0.4 is 5.73 Å². The summed E-state index contributed by atoms with van der Waals surface area (Å²) in [5.74, 6) is 1.75. The van der Waals surface area contributed by atoms with Crippen molar-refractivity contribution in [3.05, 3.63) is 21.8 Å². The minimum Gasteiger partial charge on any atom is -0.339 e. The van der Waals surface area contributed by atoms with Gasteiger partial charge in [-0.3, -0.25) is 0 Å². The standard InChI is InChI=1S/C11H12BrN3OS/c12-7-4-9(17-5-7)10-14-11(16-15-10)6-1-2-8(13)3-6/h4-6,8H,1-3,13H2. The summed E-state index contributed by atoms with van der Waals surface area (Å²) in [7, 11) is 0. The SMILES string of the molecule is NC1CCC(c2nc(-c3cc(Br)cs3)no2)C1. The molecule has 17 heavy (non-hydrogen) atoms. The van der Waals surface area contributed by atoms with E-state index >= 15 is 0 Å². The zero-order valence-electron chi connectivity index (χ0n) is 9.10. The maximum atomic E-state index is 5.89. The van der Waals surface area contributed by atoms with Gasteiger partial charge in [0.25, 0.3) is 0 Å². The fraction of sp³-hybridized carbons (Fsp3) is 0.455. The third-order valence-corrected chi connectivity index (χ3v) is 4.74. The number of halogens is 1. The van der Waals surface area contributed by atoms with Crippen molar-refractivity contribution < 1.29 is 4.52 Å². The lowest BCUT2D eigenvalue weighted by Crippen LogP contribution is -2.14. The van der Waals surface area contributed by atoms with E-state index in [2.05, 4.69) is 26.1 Å². The van der Waals surface area contributed by atoms with Crippen LogP contribution in [0.3, 0.4) is 0 Å². The summed E-state index contributed by atoms with van der Waals surface area (Å²) in [6.07, 6.45) is 3.06. The zero-order chi connectivity index (χ0) is 11.8. The molecule has 4 nitrogen and oxygen atoms in total. The molecule has 1 aliphatic rings. The molecule has 90 valence electrons. The summed E-state index contributed by atoms with van der Waals surface area (Å²) in [6.45, 7) is 0. The molecule has 0 amide bonds. The van der Waals surface area contributed by atoms with Crippen LogP contribution in [0.2, 0.25) is 0 Å². The van der Waals surface area contributed by atoms with E-state index in [-0.39, 0.29) is 6.04 Å². The average Bonchev–Trinajstić information content (AvgIpc) is 2.96. The van der Waals surface area contributed by atoms with Gasteiger partial charge >= 0.3 is 0 Å². The van der Waals surface area contributed by atoms with Gasteiger partial charge < -0.3 is 10.3 Å². The molecular formula is C11H12BrN3OS. The molecule has 1 aliphatic carbocycles. The average molecular weight is 314 g/mol. The Hall–Kier alpha value is -0.720. The molecule has 2 unspecified atom stereocenters. The van der Waals surface area contributed by atoms with Gasteiger partial charge in [0.1, 0.15) is 0 Å². The number of hydrogen-bond donors (Lipinski definition) is 1. The highest BCUT2D eigenvalue weighted by molar-refractivity contribution is 9.10. The lowest BCUT2D eigenvalue weighted by Gasteiger charge is -2.01. The van der Waals surface area contributed by atoms with Gasteiger partial charge in [-0.2, -0.15) is 4.98 Å². The first-order valence-electron chi connectivity index (χ1n) is 5.56. The Kier molecular flexibility index (Phi) is 3.02. The first-order chi connectivity index (χ1) is 8.22. The molecule has 1 fully saturated rings. The first kappa shape index (κ1) is 11.4. The van der Waals surface area contributed by atoms with Crippen LogP contribution >= 0.6 is 27.3 Å².